The summed E-state index contributed by atoms with van der Waals surface area (Å²) < 4.78 is 10.8. The van der Waals surface area contributed by atoms with Crippen molar-refractivity contribution in [2.24, 2.45) is 0 Å². The van der Waals surface area contributed by atoms with E-state index in [9.17, 15) is 9.59 Å². The van der Waals surface area contributed by atoms with E-state index in [-0.39, 0.29) is 24.5 Å². The number of hydrogen-bond acceptors (Lipinski definition) is 5. The van der Waals surface area contributed by atoms with E-state index in [1.165, 1.54) is 4.88 Å². The van der Waals surface area contributed by atoms with Gasteiger partial charge in [0.2, 0.25) is 5.91 Å². The zero-order chi connectivity index (χ0) is 29.4. The van der Waals surface area contributed by atoms with Crippen LogP contribution in [0.15, 0.2) is 48.5 Å². The molecule has 3 aromatic rings. The van der Waals surface area contributed by atoms with Gasteiger partial charge < -0.3 is 24.6 Å². The summed E-state index contributed by atoms with van der Waals surface area (Å²) in [6.45, 7) is 3.02. The second-order valence-electron chi connectivity index (χ2n) is 10.2. The van der Waals surface area contributed by atoms with Gasteiger partial charge in [0.05, 0.1) is 31.5 Å². The molecule has 41 heavy (non-hydrogen) atoms. The molecule has 1 aliphatic carbocycles. The van der Waals surface area contributed by atoms with Crippen molar-refractivity contribution in [1.29, 1.82) is 0 Å². The van der Waals surface area contributed by atoms with E-state index < -0.39 is 0 Å². The Morgan fingerprint density at radius 3 is 2.39 bits per heavy atom. The average Bonchev–Trinajstić information content (AvgIpc) is 3.39. The molecule has 1 N–H and O–H groups in total. The Morgan fingerprint density at radius 1 is 0.976 bits per heavy atom. The van der Waals surface area contributed by atoms with Crippen LogP contribution in [0.25, 0.3) is 0 Å². The van der Waals surface area contributed by atoms with Crippen molar-refractivity contribution >= 4 is 52.2 Å². The van der Waals surface area contributed by atoms with E-state index in [0.717, 1.165) is 42.5 Å². The molecule has 0 unspecified atom stereocenters. The minimum Gasteiger partial charge on any atom is -0.493 e. The van der Waals surface area contributed by atoms with E-state index in [1.54, 1.807) is 48.7 Å². The summed E-state index contributed by atoms with van der Waals surface area (Å²) in [4.78, 5) is 33.4. The Labute approximate surface area is 256 Å². The Morgan fingerprint density at radius 2 is 1.73 bits per heavy atom. The van der Waals surface area contributed by atoms with Gasteiger partial charge in [-0.2, -0.15) is 0 Å². The van der Waals surface area contributed by atoms with Crippen LogP contribution in [0.3, 0.4) is 0 Å². The highest BCUT2D eigenvalue weighted by atomic mass is 35.5. The number of nitrogens with one attached hydrogen (secondary N) is 1. The summed E-state index contributed by atoms with van der Waals surface area (Å²) in [5, 5.41) is 3.75. The van der Waals surface area contributed by atoms with Gasteiger partial charge in [-0.05, 0) is 74.2 Å². The third-order valence-corrected chi connectivity index (χ3v) is 8.90. The van der Waals surface area contributed by atoms with Crippen molar-refractivity contribution in [2.75, 3.05) is 32.6 Å². The first-order valence-electron chi connectivity index (χ1n) is 13.8. The number of benzene rings is 2. The van der Waals surface area contributed by atoms with Crippen molar-refractivity contribution in [3.8, 4) is 11.5 Å². The number of urea groups is 1. The highest BCUT2D eigenvalue weighted by molar-refractivity contribution is 7.11. The van der Waals surface area contributed by atoms with Crippen molar-refractivity contribution < 1.29 is 19.1 Å². The number of carbonyl (C=O) groups excluding carboxylic acids is 2. The molecule has 0 atom stereocenters. The van der Waals surface area contributed by atoms with Crippen LogP contribution in [0, 0.1) is 6.92 Å². The lowest BCUT2D eigenvalue weighted by molar-refractivity contribution is -0.132. The third kappa shape index (κ3) is 8.53. The summed E-state index contributed by atoms with van der Waals surface area (Å²) in [7, 11) is 3.22. The smallest absolute Gasteiger partial charge is 0.322 e. The summed E-state index contributed by atoms with van der Waals surface area (Å²) in [5.74, 6) is 1.21. The molecule has 0 saturated heterocycles. The molecule has 1 saturated carbocycles. The minimum atomic E-state index is -0.332. The fourth-order valence-electron chi connectivity index (χ4n) is 5.13. The molecule has 1 aliphatic rings. The molecule has 220 valence electrons. The predicted octanol–water partition coefficient (Wildman–Crippen LogP) is 7.82. The lowest BCUT2D eigenvalue weighted by Gasteiger charge is -2.35. The standard InChI is InChI=1S/C31H37Cl2N3O4S/c1-21-9-12-25(41-21)19-35(16-15-22-10-14-28(39-2)29(17-22)40-3)30(37)20-36(24-7-5-4-6-8-24)31(38)34-27-13-11-23(32)18-26(27)33/h9-14,17-18,24H,4-8,15-16,19-20H2,1-3H3,(H,34,38). The quantitative estimate of drug-likeness (QED) is 0.238. The number of amides is 3. The van der Waals surface area contributed by atoms with Crippen molar-refractivity contribution in [1.82, 2.24) is 9.80 Å². The Kier molecular flexibility index (Phi) is 11.2. The lowest BCUT2D eigenvalue weighted by Crippen LogP contribution is -2.49. The maximum absolute atomic E-state index is 13.9. The van der Waals surface area contributed by atoms with Crippen LogP contribution in [0.5, 0.6) is 11.5 Å². The fraction of sp³-hybridized carbons (Fsp3) is 0.419. The molecule has 1 heterocycles. The van der Waals surface area contributed by atoms with Crippen LogP contribution < -0.4 is 14.8 Å². The van der Waals surface area contributed by atoms with Crippen LogP contribution in [-0.2, 0) is 17.8 Å². The molecule has 7 nitrogen and oxygen atoms in total. The molecule has 1 fully saturated rings. The molecule has 0 bridgehead atoms. The highest BCUT2D eigenvalue weighted by Crippen LogP contribution is 2.29. The lowest BCUT2D eigenvalue weighted by atomic mass is 9.94. The number of anilines is 1. The summed E-state index contributed by atoms with van der Waals surface area (Å²) in [6.07, 6.45) is 5.56. The Balaban J connectivity index is 1.54. The van der Waals surface area contributed by atoms with E-state index >= 15 is 0 Å². The fourth-order valence-corrected chi connectivity index (χ4v) is 6.50. The van der Waals surface area contributed by atoms with E-state index in [4.69, 9.17) is 32.7 Å². The summed E-state index contributed by atoms with van der Waals surface area (Å²) in [6, 6.07) is 14.5. The number of carbonyl (C=O) groups is 2. The zero-order valence-corrected chi connectivity index (χ0v) is 26.1. The number of rotatable bonds is 11. The zero-order valence-electron chi connectivity index (χ0n) is 23.8. The van der Waals surface area contributed by atoms with Crippen LogP contribution in [-0.4, -0.2) is 55.1 Å². The molecule has 0 radical (unpaired) electrons. The van der Waals surface area contributed by atoms with Gasteiger partial charge in [-0.25, -0.2) is 4.79 Å². The molecular formula is C31H37Cl2N3O4S. The van der Waals surface area contributed by atoms with E-state index in [0.29, 0.717) is 46.7 Å². The number of nitrogens with zero attached hydrogens (tertiary/aromatic N) is 2. The molecule has 3 amide bonds. The molecule has 2 aromatic carbocycles. The van der Waals surface area contributed by atoms with Gasteiger partial charge in [0.15, 0.2) is 11.5 Å². The molecule has 0 aliphatic heterocycles. The SMILES string of the molecule is COc1ccc(CCN(Cc2ccc(C)s2)C(=O)CN(C(=O)Nc2ccc(Cl)cc2Cl)C2CCCCC2)cc1OC. The topological polar surface area (TPSA) is 71.1 Å². The number of hydrogen-bond donors (Lipinski definition) is 1. The van der Waals surface area contributed by atoms with Gasteiger partial charge in [-0.1, -0.05) is 48.5 Å². The molecular weight excluding hydrogens is 581 g/mol. The van der Waals surface area contributed by atoms with Gasteiger partial charge in [-0.3, -0.25) is 4.79 Å². The van der Waals surface area contributed by atoms with E-state index in [2.05, 4.69) is 24.4 Å². The maximum atomic E-state index is 13.9. The summed E-state index contributed by atoms with van der Waals surface area (Å²) >= 11 is 14.1. The van der Waals surface area contributed by atoms with Crippen LogP contribution >= 0.6 is 34.5 Å². The number of halogens is 2. The van der Waals surface area contributed by atoms with E-state index in [1.807, 2.05) is 23.1 Å². The maximum Gasteiger partial charge on any atom is 0.322 e. The Bertz CT molecular complexity index is 1340. The highest BCUT2D eigenvalue weighted by Gasteiger charge is 2.29. The van der Waals surface area contributed by atoms with Gasteiger partial charge in [-0.15, -0.1) is 11.3 Å². The molecule has 10 heteroatoms. The molecule has 0 spiro atoms. The van der Waals surface area contributed by atoms with Gasteiger partial charge >= 0.3 is 6.03 Å². The Hall–Kier alpha value is -2.94. The van der Waals surface area contributed by atoms with Crippen molar-refractivity contribution in [3.63, 3.8) is 0 Å². The van der Waals surface area contributed by atoms with Crippen molar-refractivity contribution in [3.05, 3.63) is 73.9 Å². The average molecular weight is 619 g/mol. The molecule has 1 aromatic heterocycles. The van der Waals surface area contributed by atoms with Crippen molar-refractivity contribution in [2.45, 2.75) is 58.0 Å². The first-order chi connectivity index (χ1) is 19.8. The van der Waals surface area contributed by atoms with Gasteiger partial charge in [0, 0.05) is 27.4 Å². The monoisotopic (exact) mass is 617 g/mol. The van der Waals surface area contributed by atoms with Gasteiger partial charge in [0.25, 0.3) is 0 Å². The summed E-state index contributed by atoms with van der Waals surface area (Å²) in [5.41, 5.74) is 1.50. The molecule has 4 rings (SSSR count). The normalized spacial score (nSPS) is 13.5. The largest absolute Gasteiger partial charge is 0.493 e. The third-order valence-electron chi connectivity index (χ3n) is 7.37. The number of aryl methyl sites for hydroxylation is 1. The first-order valence-corrected chi connectivity index (χ1v) is 15.4. The predicted molar refractivity (Wildman–Crippen MR) is 167 cm³/mol. The second kappa shape index (κ2) is 14.8. The van der Waals surface area contributed by atoms with Crippen LogP contribution in [0.2, 0.25) is 10.0 Å². The van der Waals surface area contributed by atoms with Gasteiger partial charge in [0.1, 0.15) is 6.54 Å². The van der Waals surface area contributed by atoms with Crippen LogP contribution in [0.1, 0.15) is 47.4 Å². The van der Waals surface area contributed by atoms with Crippen LogP contribution in [0.4, 0.5) is 10.5 Å². The second-order valence-corrected chi connectivity index (χ2v) is 12.5. The number of ether oxygens (including phenoxy) is 2. The number of methoxy groups -OCH3 is 2. The number of thiophene rings is 1. The first kappa shape index (κ1) is 31.0. The minimum absolute atomic E-state index is 0.0159.